The number of nitrogens with zero attached hydrogens (tertiary/aromatic N) is 1. The molecule has 0 bridgehead atoms. The molecule has 0 radical (unpaired) electrons. The smallest absolute Gasteiger partial charge is 0.00979 e. The van der Waals surface area contributed by atoms with Crippen molar-refractivity contribution in [2.45, 2.75) is 84.1 Å². The highest BCUT2D eigenvalue weighted by atomic mass is 15.1. The molecule has 0 spiro atoms. The number of nitrogens with one attached hydrogen (secondary N) is 1. The maximum Gasteiger partial charge on any atom is 0.00979 e. The van der Waals surface area contributed by atoms with Crippen LogP contribution in [-0.4, -0.2) is 37.1 Å². The summed E-state index contributed by atoms with van der Waals surface area (Å²) in [6, 6.07) is 0.832. The monoisotopic (exact) mass is 294 g/mol. The molecule has 0 amide bonds. The molecular weight excluding hydrogens is 256 g/mol. The normalized spacial score (nSPS) is 28.1. The average Bonchev–Trinajstić information content (AvgIpc) is 2.56. The molecule has 0 saturated heterocycles. The van der Waals surface area contributed by atoms with Crippen LogP contribution in [0.5, 0.6) is 0 Å². The standard InChI is InChI=1S/C19H38N2/c1-3-21(4-2)16-10-15-20-19-14-9-8-13-18(19)17-11-6-5-7-12-17/h17-20H,3-16H2,1-2H3. The van der Waals surface area contributed by atoms with Gasteiger partial charge in [-0.05, 0) is 57.3 Å². The van der Waals surface area contributed by atoms with Gasteiger partial charge in [-0.25, -0.2) is 0 Å². The summed E-state index contributed by atoms with van der Waals surface area (Å²) in [7, 11) is 0. The van der Waals surface area contributed by atoms with Crippen molar-refractivity contribution in [1.82, 2.24) is 10.2 Å². The Balaban J connectivity index is 1.71. The van der Waals surface area contributed by atoms with Crippen LogP contribution in [0.15, 0.2) is 0 Å². The fourth-order valence-electron chi connectivity index (χ4n) is 4.67. The van der Waals surface area contributed by atoms with E-state index in [-0.39, 0.29) is 0 Å². The van der Waals surface area contributed by atoms with Crippen molar-refractivity contribution in [2.75, 3.05) is 26.2 Å². The van der Waals surface area contributed by atoms with Crippen LogP contribution >= 0.6 is 0 Å². The van der Waals surface area contributed by atoms with E-state index >= 15 is 0 Å². The molecule has 2 fully saturated rings. The van der Waals surface area contributed by atoms with E-state index in [2.05, 4.69) is 24.1 Å². The van der Waals surface area contributed by atoms with E-state index in [0.29, 0.717) is 0 Å². The van der Waals surface area contributed by atoms with Crippen LogP contribution in [0.3, 0.4) is 0 Å². The van der Waals surface area contributed by atoms with Crippen LogP contribution in [0.4, 0.5) is 0 Å². The molecule has 2 atom stereocenters. The van der Waals surface area contributed by atoms with Gasteiger partial charge in [-0.1, -0.05) is 58.8 Å². The van der Waals surface area contributed by atoms with E-state index in [4.69, 9.17) is 0 Å². The molecule has 2 saturated carbocycles. The van der Waals surface area contributed by atoms with Gasteiger partial charge in [0.15, 0.2) is 0 Å². The Morgan fingerprint density at radius 1 is 0.857 bits per heavy atom. The lowest BCUT2D eigenvalue weighted by Crippen LogP contribution is -2.43. The Labute approximate surface area is 133 Å². The minimum absolute atomic E-state index is 0.832. The molecule has 1 N–H and O–H groups in total. The summed E-state index contributed by atoms with van der Waals surface area (Å²) in [5, 5.41) is 3.95. The Morgan fingerprint density at radius 2 is 1.52 bits per heavy atom. The molecule has 2 heteroatoms. The van der Waals surface area contributed by atoms with Crippen LogP contribution < -0.4 is 5.32 Å². The summed E-state index contributed by atoms with van der Waals surface area (Å²) in [5.41, 5.74) is 0. The number of hydrogen-bond acceptors (Lipinski definition) is 2. The zero-order chi connectivity index (χ0) is 14.9. The molecule has 0 aromatic heterocycles. The van der Waals surface area contributed by atoms with Crippen molar-refractivity contribution in [3.05, 3.63) is 0 Å². The lowest BCUT2D eigenvalue weighted by Gasteiger charge is -2.39. The van der Waals surface area contributed by atoms with E-state index in [0.717, 1.165) is 17.9 Å². The third-order valence-corrected chi connectivity index (χ3v) is 6.03. The second-order valence-electron chi connectivity index (χ2n) is 7.29. The van der Waals surface area contributed by atoms with Gasteiger partial charge >= 0.3 is 0 Å². The van der Waals surface area contributed by atoms with Crippen molar-refractivity contribution in [3.8, 4) is 0 Å². The van der Waals surface area contributed by atoms with Crippen LogP contribution in [0, 0.1) is 11.8 Å². The van der Waals surface area contributed by atoms with Crippen LogP contribution in [0.1, 0.15) is 78.1 Å². The van der Waals surface area contributed by atoms with Crippen molar-refractivity contribution in [3.63, 3.8) is 0 Å². The highest BCUT2D eigenvalue weighted by Gasteiger charge is 2.31. The van der Waals surface area contributed by atoms with Gasteiger partial charge in [0.05, 0.1) is 0 Å². The average molecular weight is 295 g/mol. The molecule has 124 valence electrons. The molecule has 2 unspecified atom stereocenters. The summed E-state index contributed by atoms with van der Waals surface area (Å²) in [5.74, 6) is 2.03. The van der Waals surface area contributed by atoms with Gasteiger partial charge in [0.25, 0.3) is 0 Å². The summed E-state index contributed by atoms with van der Waals surface area (Å²) >= 11 is 0. The Bertz CT molecular complexity index is 256. The second kappa shape index (κ2) is 9.84. The van der Waals surface area contributed by atoms with E-state index in [1.807, 2.05) is 0 Å². The lowest BCUT2D eigenvalue weighted by molar-refractivity contribution is 0.149. The quantitative estimate of drug-likeness (QED) is 0.665. The molecule has 0 aromatic carbocycles. The van der Waals surface area contributed by atoms with Crippen molar-refractivity contribution >= 4 is 0 Å². The second-order valence-corrected chi connectivity index (χ2v) is 7.29. The van der Waals surface area contributed by atoms with Crippen LogP contribution in [0.25, 0.3) is 0 Å². The summed E-state index contributed by atoms with van der Waals surface area (Å²) in [6.07, 6.45) is 14.7. The van der Waals surface area contributed by atoms with Crippen molar-refractivity contribution in [1.29, 1.82) is 0 Å². The fraction of sp³-hybridized carbons (Fsp3) is 1.00. The molecule has 2 rings (SSSR count). The Morgan fingerprint density at radius 3 is 2.24 bits per heavy atom. The first-order valence-electron chi connectivity index (χ1n) is 9.80. The molecule has 0 heterocycles. The fourth-order valence-corrected chi connectivity index (χ4v) is 4.67. The zero-order valence-electron chi connectivity index (χ0n) is 14.6. The molecule has 2 aliphatic carbocycles. The Kier molecular flexibility index (Phi) is 8.10. The molecule has 2 aliphatic rings. The zero-order valence-corrected chi connectivity index (χ0v) is 14.6. The summed E-state index contributed by atoms with van der Waals surface area (Å²) in [6.45, 7) is 9.44. The van der Waals surface area contributed by atoms with E-state index < -0.39 is 0 Å². The van der Waals surface area contributed by atoms with Gasteiger partial charge in [0, 0.05) is 6.04 Å². The van der Waals surface area contributed by atoms with E-state index in [1.165, 1.54) is 90.4 Å². The number of rotatable bonds is 8. The minimum atomic E-state index is 0.832. The minimum Gasteiger partial charge on any atom is -0.314 e. The van der Waals surface area contributed by atoms with Crippen LogP contribution in [-0.2, 0) is 0 Å². The largest absolute Gasteiger partial charge is 0.314 e. The van der Waals surface area contributed by atoms with Gasteiger partial charge in [-0.3, -0.25) is 0 Å². The third kappa shape index (κ3) is 5.56. The van der Waals surface area contributed by atoms with Crippen molar-refractivity contribution in [2.24, 2.45) is 11.8 Å². The van der Waals surface area contributed by atoms with Crippen molar-refractivity contribution < 1.29 is 0 Å². The Hall–Kier alpha value is -0.0800. The molecule has 0 aliphatic heterocycles. The highest BCUT2D eigenvalue weighted by molar-refractivity contribution is 4.86. The first-order chi connectivity index (χ1) is 10.3. The van der Waals surface area contributed by atoms with E-state index in [9.17, 15) is 0 Å². The summed E-state index contributed by atoms with van der Waals surface area (Å²) in [4.78, 5) is 2.54. The lowest BCUT2D eigenvalue weighted by atomic mass is 9.71. The first kappa shape index (κ1) is 17.3. The highest BCUT2D eigenvalue weighted by Crippen LogP contribution is 2.38. The topological polar surface area (TPSA) is 15.3 Å². The summed E-state index contributed by atoms with van der Waals surface area (Å²) < 4.78 is 0. The number of hydrogen-bond donors (Lipinski definition) is 1. The van der Waals surface area contributed by atoms with Crippen LogP contribution in [0.2, 0.25) is 0 Å². The van der Waals surface area contributed by atoms with E-state index in [1.54, 1.807) is 0 Å². The molecule has 0 aromatic rings. The first-order valence-corrected chi connectivity index (χ1v) is 9.80. The SMILES string of the molecule is CCN(CC)CCCNC1CCCCC1C1CCCCC1. The van der Waals surface area contributed by atoms with Gasteiger partial charge in [0.1, 0.15) is 0 Å². The van der Waals surface area contributed by atoms with Gasteiger partial charge in [-0.15, -0.1) is 0 Å². The third-order valence-electron chi connectivity index (χ3n) is 6.03. The predicted octanol–water partition coefficient (Wildman–Crippen LogP) is 4.45. The molecule has 21 heavy (non-hydrogen) atoms. The van der Waals surface area contributed by atoms with Gasteiger partial charge < -0.3 is 10.2 Å². The maximum atomic E-state index is 3.95. The van der Waals surface area contributed by atoms with Gasteiger partial charge in [-0.2, -0.15) is 0 Å². The maximum absolute atomic E-state index is 3.95. The molecular formula is C19H38N2. The van der Waals surface area contributed by atoms with Gasteiger partial charge in [0.2, 0.25) is 0 Å². The molecule has 2 nitrogen and oxygen atoms in total. The predicted molar refractivity (Wildman–Crippen MR) is 92.7 cm³/mol.